The first-order valence-corrected chi connectivity index (χ1v) is 5.44. The van der Waals surface area contributed by atoms with Gasteiger partial charge < -0.3 is 10.4 Å². The summed E-state index contributed by atoms with van der Waals surface area (Å²) in [4.78, 5) is 0. The molecule has 0 rings (SSSR count). The highest BCUT2D eigenvalue weighted by molar-refractivity contribution is 7.98. The van der Waals surface area contributed by atoms with E-state index in [1.807, 2.05) is 6.26 Å². The Balaban J connectivity index is 3.10. The van der Waals surface area contributed by atoms with Crippen LogP contribution in [0.15, 0.2) is 0 Å². The fourth-order valence-electron chi connectivity index (χ4n) is 0.790. The average molecular weight is 177 g/mol. The number of thioether (sulfide) groups is 1. The zero-order valence-corrected chi connectivity index (χ0v) is 8.45. The summed E-state index contributed by atoms with van der Waals surface area (Å²) < 4.78 is 0. The molecule has 0 fully saturated rings. The molecule has 3 heteroatoms. The van der Waals surface area contributed by atoms with Crippen LogP contribution in [0.3, 0.4) is 0 Å². The Morgan fingerprint density at radius 3 is 2.45 bits per heavy atom. The number of aliphatic hydroxyl groups excluding tert-OH is 1. The Bertz CT molecular complexity index is 88.2. The van der Waals surface area contributed by atoms with Crippen molar-refractivity contribution in [2.24, 2.45) is 5.92 Å². The third-order valence-corrected chi connectivity index (χ3v) is 2.01. The Morgan fingerprint density at radius 2 is 2.00 bits per heavy atom. The largest absolute Gasteiger partial charge is 0.391 e. The third-order valence-electron chi connectivity index (χ3n) is 1.29. The maximum atomic E-state index is 9.28. The van der Waals surface area contributed by atoms with Gasteiger partial charge in [0.25, 0.3) is 0 Å². The van der Waals surface area contributed by atoms with E-state index in [1.54, 1.807) is 11.8 Å². The van der Waals surface area contributed by atoms with Crippen LogP contribution in [0, 0.1) is 5.92 Å². The molecule has 0 saturated heterocycles. The minimum absolute atomic E-state index is 0.191. The normalized spacial score (nSPS) is 13.9. The highest BCUT2D eigenvalue weighted by Crippen LogP contribution is 1.95. The van der Waals surface area contributed by atoms with E-state index in [2.05, 4.69) is 19.2 Å². The van der Waals surface area contributed by atoms with Crippen LogP contribution in [0.1, 0.15) is 13.8 Å². The molecule has 0 aromatic rings. The van der Waals surface area contributed by atoms with E-state index < -0.39 is 0 Å². The van der Waals surface area contributed by atoms with Crippen LogP contribution in [0.4, 0.5) is 0 Å². The fourth-order valence-corrected chi connectivity index (χ4v) is 1.29. The summed E-state index contributed by atoms with van der Waals surface area (Å²) in [5, 5.41) is 12.5. The van der Waals surface area contributed by atoms with Crippen LogP contribution in [0.2, 0.25) is 0 Å². The highest BCUT2D eigenvalue weighted by atomic mass is 32.2. The van der Waals surface area contributed by atoms with Crippen molar-refractivity contribution in [1.29, 1.82) is 0 Å². The van der Waals surface area contributed by atoms with Crippen LogP contribution < -0.4 is 5.32 Å². The number of hydrogen-bond acceptors (Lipinski definition) is 3. The Hall–Kier alpha value is 0.270. The van der Waals surface area contributed by atoms with E-state index in [0.29, 0.717) is 5.92 Å². The molecule has 0 aromatic carbocycles. The smallest absolute Gasteiger partial charge is 0.0754 e. The molecule has 68 valence electrons. The van der Waals surface area contributed by atoms with Crippen molar-refractivity contribution in [1.82, 2.24) is 5.32 Å². The monoisotopic (exact) mass is 177 g/mol. The molecule has 0 amide bonds. The standard InChI is InChI=1S/C8H19NOS/c1-7(2)4-9-5-8(10)6-11-3/h7-10H,4-6H2,1-3H3. The second kappa shape index (κ2) is 6.95. The molecule has 11 heavy (non-hydrogen) atoms. The summed E-state index contributed by atoms with van der Waals surface area (Å²) >= 11 is 1.68. The highest BCUT2D eigenvalue weighted by Gasteiger charge is 2.01. The SMILES string of the molecule is CSCC(O)CNCC(C)C. The molecule has 1 atom stereocenters. The summed E-state index contributed by atoms with van der Waals surface area (Å²) in [6.07, 6.45) is 1.81. The van der Waals surface area contributed by atoms with Gasteiger partial charge in [0, 0.05) is 12.3 Å². The van der Waals surface area contributed by atoms with Gasteiger partial charge in [-0.15, -0.1) is 0 Å². The van der Waals surface area contributed by atoms with E-state index in [1.165, 1.54) is 0 Å². The average Bonchev–Trinajstić information content (AvgIpc) is 1.87. The molecule has 0 aromatic heterocycles. The van der Waals surface area contributed by atoms with Crippen molar-refractivity contribution >= 4 is 11.8 Å². The van der Waals surface area contributed by atoms with Gasteiger partial charge >= 0.3 is 0 Å². The van der Waals surface area contributed by atoms with Crippen LogP contribution in [0.5, 0.6) is 0 Å². The number of rotatable bonds is 6. The first-order chi connectivity index (χ1) is 5.16. The first-order valence-electron chi connectivity index (χ1n) is 4.04. The first kappa shape index (κ1) is 11.3. The second-order valence-electron chi connectivity index (χ2n) is 3.16. The summed E-state index contributed by atoms with van der Waals surface area (Å²) in [5.74, 6) is 1.49. The maximum Gasteiger partial charge on any atom is 0.0754 e. The molecular formula is C8H19NOS. The number of aliphatic hydroxyl groups is 1. The van der Waals surface area contributed by atoms with E-state index in [9.17, 15) is 5.11 Å². The van der Waals surface area contributed by atoms with Crippen molar-refractivity contribution in [2.45, 2.75) is 20.0 Å². The predicted molar refractivity (Wildman–Crippen MR) is 52.1 cm³/mol. The van der Waals surface area contributed by atoms with Gasteiger partial charge in [-0.2, -0.15) is 11.8 Å². The van der Waals surface area contributed by atoms with Crippen molar-refractivity contribution in [2.75, 3.05) is 25.1 Å². The molecule has 0 aliphatic heterocycles. The molecule has 0 aliphatic carbocycles. The van der Waals surface area contributed by atoms with E-state index in [0.717, 1.165) is 18.8 Å². The predicted octanol–water partition coefficient (Wildman–Crippen LogP) is 0.956. The summed E-state index contributed by atoms with van der Waals surface area (Å²) in [7, 11) is 0. The van der Waals surface area contributed by atoms with Crippen LogP contribution >= 0.6 is 11.8 Å². The molecule has 0 saturated carbocycles. The van der Waals surface area contributed by atoms with Gasteiger partial charge in [-0.25, -0.2) is 0 Å². The van der Waals surface area contributed by atoms with Gasteiger partial charge in [-0.1, -0.05) is 13.8 Å². The molecule has 2 nitrogen and oxygen atoms in total. The van der Waals surface area contributed by atoms with E-state index >= 15 is 0 Å². The van der Waals surface area contributed by atoms with Crippen molar-refractivity contribution in [3.8, 4) is 0 Å². The molecule has 1 unspecified atom stereocenters. The van der Waals surface area contributed by atoms with Crippen molar-refractivity contribution in [3.05, 3.63) is 0 Å². The van der Waals surface area contributed by atoms with Crippen LogP contribution in [0.25, 0.3) is 0 Å². The van der Waals surface area contributed by atoms with Gasteiger partial charge in [0.05, 0.1) is 6.10 Å². The molecule has 0 spiro atoms. The molecule has 0 heterocycles. The Kier molecular flexibility index (Phi) is 7.12. The lowest BCUT2D eigenvalue weighted by Crippen LogP contribution is -2.30. The van der Waals surface area contributed by atoms with Gasteiger partial charge in [-0.05, 0) is 18.7 Å². The van der Waals surface area contributed by atoms with Gasteiger partial charge in [0.2, 0.25) is 0 Å². The summed E-state index contributed by atoms with van der Waals surface area (Å²) in [6, 6.07) is 0. The lowest BCUT2D eigenvalue weighted by atomic mass is 10.2. The minimum Gasteiger partial charge on any atom is -0.391 e. The Labute approximate surface area is 73.8 Å². The topological polar surface area (TPSA) is 32.3 Å². The maximum absolute atomic E-state index is 9.28. The summed E-state index contributed by atoms with van der Waals surface area (Å²) in [6.45, 7) is 6.03. The lowest BCUT2D eigenvalue weighted by Gasteiger charge is -2.11. The quantitative estimate of drug-likeness (QED) is 0.634. The summed E-state index contributed by atoms with van der Waals surface area (Å²) in [5.41, 5.74) is 0. The lowest BCUT2D eigenvalue weighted by molar-refractivity contribution is 0.194. The zero-order valence-electron chi connectivity index (χ0n) is 7.63. The van der Waals surface area contributed by atoms with Crippen LogP contribution in [-0.4, -0.2) is 36.3 Å². The minimum atomic E-state index is -0.191. The van der Waals surface area contributed by atoms with Crippen molar-refractivity contribution < 1.29 is 5.11 Å². The Morgan fingerprint density at radius 1 is 1.36 bits per heavy atom. The molecular weight excluding hydrogens is 158 g/mol. The molecule has 2 N–H and O–H groups in total. The number of nitrogens with one attached hydrogen (secondary N) is 1. The number of hydrogen-bond donors (Lipinski definition) is 2. The van der Waals surface area contributed by atoms with Gasteiger partial charge in [0.15, 0.2) is 0 Å². The second-order valence-corrected chi connectivity index (χ2v) is 4.07. The zero-order chi connectivity index (χ0) is 8.69. The van der Waals surface area contributed by atoms with Gasteiger partial charge in [-0.3, -0.25) is 0 Å². The van der Waals surface area contributed by atoms with E-state index in [-0.39, 0.29) is 6.10 Å². The van der Waals surface area contributed by atoms with Crippen molar-refractivity contribution in [3.63, 3.8) is 0 Å². The fraction of sp³-hybridized carbons (Fsp3) is 1.00. The van der Waals surface area contributed by atoms with E-state index in [4.69, 9.17) is 0 Å². The molecule has 0 bridgehead atoms. The molecule has 0 radical (unpaired) electrons. The third kappa shape index (κ3) is 8.17. The van der Waals surface area contributed by atoms with Crippen LogP contribution in [-0.2, 0) is 0 Å². The van der Waals surface area contributed by atoms with Gasteiger partial charge in [0.1, 0.15) is 0 Å². The molecule has 0 aliphatic rings.